The van der Waals surface area contributed by atoms with Gasteiger partial charge in [0.25, 0.3) is 0 Å². The second kappa shape index (κ2) is 7.67. The molecule has 1 aromatic carbocycles. The van der Waals surface area contributed by atoms with E-state index in [-0.39, 0.29) is 12.4 Å². The number of aliphatic hydroxyl groups excluding tert-OH is 1. The van der Waals surface area contributed by atoms with Crippen molar-refractivity contribution in [1.82, 2.24) is 14.3 Å². The molecular weight excluding hydrogens is 426 g/mol. The SMILES string of the molecule is O=c1n(Cc2ccc(Cl)s2)nc(-c2ccc(Cl)cc2)n1C[C@H](O)C(F)(F)F. The van der Waals surface area contributed by atoms with E-state index in [0.717, 1.165) is 9.25 Å². The molecule has 3 rings (SSSR count). The average Bonchev–Trinajstić information content (AvgIpc) is 3.13. The van der Waals surface area contributed by atoms with Gasteiger partial charge in [-0.3, -0.25) is 4.57 Å². The fourth-order valence-corrected chi connectivity index (χ4v) is 3.58. The molecule has 0 aliphatic rings. The van der Waals surface area contributed by atoms with Crippen LogP contribution in [0.15, 0.2) is 41.2 Å². The van der Waals surface area contributed by atoms with Gasteiger partial charge in [-0.2, -0.15) is 13.2 Å². The first-order valence-electron chi connectivity index (χ1n) is 7.57. The highest BCUT2D eigenvalue weighted by Crippen LogP contribution is 2.25. The van der Waals surface area contributed by atoms with Crippen molar-refractivity contribution in [3.8, 4) is 11.4 Å². The van der Waals surface area contributed by atoms with E-state index < -0.39 is 24.5 Å². The van der Waals surface area contributed by atoms with Gasteiger partial charge >= 0.3 is 11.9 Å². The molecule has 0 amide bonds. The van der Waals surface area contributed by atoms with Gasteiger partial charge in [-0.15, -0.1) is 16.4 Å². The lowest BCUT2D eigenvalue weighted by Crippen LogP contribution is -2.37. The monoisotopic (exact) mass is 437 g/mol. The number of aromatic nitrogens is 3. The molecule has 0 fully saturated rings. The van der Waals surface area contributed by atoms with Gasteiger partial charge in [-0.05, 0) is 36.4 Å². The maximum absolute atomic E-state index is 12.8. The molecule has 3 aromatic rings. The van der Waals surface area contributed by atoms with E-state index in [4.69, 9.17) is 23.2 Å². The molecule has 27 heavy (non-hydrogen) atoms. The molecule has 2 aromatic heterocycles. The van der Waals surface area contributed by atoms with Crippen molar-refractivity contribution in [3.63, 3.8) is 0 Å². The van der Waals surface area contributed by atoms with E-state index in [2.05, 4.69) is 5.10 Å². The maximum Gasteiger partial charge on any atom is 0.416 e. The predicted molar refractivity (Wildman–Crippen MR) is 97.4 cm³/mol. The molecular formula is C16H12Cl2F3N3O2S. The molecule has 1 atom stereocenters. The summed E-state index contributed by atoms with van der Waals surface area (Å²) >= 11 is 12.9. The van der Waals surface area contributed by atoms with Crippen molar-refractivity contribution >= 4 is 34.5 Å². The molecule has 5 nitrogen and oxygen atoms in total. The van der Waals surface area contributed by atoms with Crippen LogP contribution < -0.4 is 5.69 Å². The van der Waals surface area contributed by atoms with Crippen molar-refractivity contribution in [1.29, 1.82) is 0 Å². The first-order chi connectivity index (χ1) is 12.6. The van der Waals surface area contributed by atoms with Crippen LogP contribution in [0.2, 0.25) is 9.36 Å². The summed E-state index contributed by atoms with van der Waals surface area (Å²) in [4.78, 5) is 13.3. The molecule has 0 spiro atoms. The number of hydrogen-bond donors (Lipinski definition) is 1. The summed E-state index contributed by atoms with van der Waals surface area (Å²) in [5, 5.41) is 14.0. The maximum atomic E-state index is 12.8. The Hall–Kier alpha value is -1.81. The van der Waals surface area contributed by atoms with E-state index in [0.29, 0.717) is 19.8 Å². The zero-order chi connectivity index (χ0) is 19.8. The van der Waals surface area contributed by atoms with Crippen LogP contribution in [-0.4, -0.2) is 31.7 Å². The standard InChI is InChI=1S/C16H12Cl2F3N3O2S/c17-10-3-1-9(2-4-10)14-22-24(7-11-5-6-13(18)27-11)15(26)23(14)8-12(25)16(19,20)21/h1-6,12,25H,7-8H2/t12-/m0/s1. The van der Waals surface area contributed by atoms with Gasteiger partial charge in [-0.1, -0.05) is 23.2 Å². The van der Waals surface area contributed by atoms with E-state index in [1.54, 1.807) is 12.1 Å². The number of aliphatic hydroxyl groups is 1. The van der Waals surface area contributed by atoms with Gasteiger partial charge in [-0.25, -0.2) is 9.48 Å². The fraction of sp³-hybridized carbons (Fsp3) is 0.250. The molecule has 11 heteroatoms. The Bertz CT molecular complexity index is 996. The first-order valence-corrected chi connectivity index (χ1v) is 9.15. The van der Waals surface area contributed by atoms with Crippen LogP contribution in [0.1, 0.15) is 4.88 Å². The van der Waals surface area contributed by atoms with E-state index >= 15 is 0 Å². The average molecular weight is 438 g/mol. The third-order valence-electron chi connectivity index (χ3n) is 3.69. The van der Waals surface area contributed by atoms with Gasteiger partial charge < -0.3 is 5.11 Å². The van der Waals surface area contributed by atoms with Gasteiger partial charge in [0.15, 0.2) is 11.9 Å². The van der Waals surface area contributed by atoms with Crippen LogP contribution in [0.5, 0.6) is 0 Å². The second-order valence-electron chi connectivity index (χ2n) is 5.64. The van der Waals surface area contributed by atoms with Crippen molar-refractivity contribution in [2.45, 2.75) is 25.4 Å². The number of alkyl halides is 3. The smallest absolute Gasteiger partial charge is 0.382 e. The van der Waals surface area contributed by atoms with Crippen molar-refractivity contribution in [2.75, 3.05) is 0 Å². The van der Waals surface area contributed by atoms with E-state index in [1.807, 2.05) is 0 Å². The highest BCUT2D eigenvalue weighted by molar-refractivity contribution is 7.16. The Morgan fingerprint density at radius 1 is 1.15 bits per heavy atom. The Kier molecular flexibility index (Phi) is 5.66. The third kappa shape index (κ3) is 4.55. The Morgan fingerprint density at radius 3 is 2.37 bits per heavy atom. The quantitative estimate of drug-likeness (QED) is 0.654. The van der Waals surface area contributed by atoms with Crippen LogP contribution in [0.3, 0.4) is 0 Å². The van der Waals surface area contributed by atoms with Gasteiger partial charge in [0.2, 0.25) is 0 Å². The van der Waals surface area contributed by atoms with Gasteiger partial charge in [0.1, 0.15) is 0 Å². The largest absolute Gasteiger partial charge is 0.416 e. The minimum Gasteiger partial charge on any atom is -0.382 e. The molecule has 0 aliphatic heterocycles. The number of rotatable bonds is 5. The number of halogens is 5. The van der Waals surface area contributed by atoms with Crippen molar-refractivity contribution in [2.24, 2.45) is 0 Å². The predicted octanol–water partition coefficient (Wildman–Crippen LogP) is 4.05. The Labute approximate surface area is 165 Å². The summed E-state index contributed by atoms with van der Waals surface area (Å²) in [7, 11) is 0. The first kappa shape index (κ1) is 19.9. The molecule has 2 heterocycles. The number of thiophene rings is 1. The summed E-state index contributed by atoms with van der Waals surface area (Å²) in [6, 6.07) is 9.48. The highest BCUT2D eigenvalue weighted by atomic mass is 35.5. The lowest BCUT2D eigenvalue weighted by Gasteiger charge is -2.15. The number of hydrogen-bond acceptors (Lipinski definition) is 4. The summed E-state index contributed by atoms with van der Waals surface area (Å²) in [5.41, 5.74) is -0.374. The van der Waals surface area contributed by atoms with Gasteiger partial charge in [0, 0.05) is 15.5 Å². The lowest BCUT2D eigenvalue weighted by molar-refractivity contribution is -0.207. The normalized spacial score (nSPS) is 13.1. The Morgan fingerprint density at radius 2 is 1.81 bits per heavy atom. The summed E-state index contributed by atoms with van der Waals surface area (Å²) in [6.07, 6.45) is -7.56. The summed E-state index contributed by atoms with van der Waals surface area (Å²) in [6.45, 7) is -0.919. The number of nitrogens with zero attached hydrogens (tertiary/aromatic N) is 3. The topological polar surface area (TPSA) is 60.0 Å². The molecule has 0 unspecified atom stereocenters. The minimum absolute atomic E-state index is 0.00243. The summed E-state index contributed by atoms with van der Waals surface area (Å²) < 4.78 is 40.7. The van der Waals surface area contributed by atoms with Crippen LogP contribution in [0.25, 0.3) is 11.4 Å². The molecule has 0 radical (unpaired) electrons. The minimum atomic E-state index is -4.86. The fourth-order valence-electron chi connectivity index (χ4n) is 2.38. The molecule has 0 bridgehead atoms. The van der Waals surface area contributed by atoms with Gasteiger partial charge in [0.05, 0.1) is 17.4 Å². The lowest BCUT2D eigenvalue weighted by atomic mass is 10.2. The molecule has 0 saturated carbocycles. The van der Waals surface area contributed by atoms with E-state index in [1.165, 1.54) is 35.6 Å². The molecule has 1 N–H and O–H groups in total. The zero-order valence-corrected chi connectivity index (χ0v) is 15.8. The van der Waals surface area contributed by atoms with Crippen molar-refractivity contribution < 1.29 is 18.3 Å². The second-order valence-corrected chi connectivity index (χ2v) is 7.88. The third-order valence-corrected chi connectivity index (χ3v) is 5.16. The van der Waals surface area contributed by atoms with Crippen LogP contribution in [0, 0.1) is 0 Å². The van der Waals surface area contributed by atoms with Crippen LogP contribution in [0.4, 0.5) is 13.2 Å². The highest BCUT2D eigenvalue weighted by Gasteiger charge is 2.39. The number of benzene rings is 1. The van der Waals surface area contributed by atoms with E-state index in [9.17, 15) is 23.1 Å². The molecule has 0 saturated heterocycles. The van der Waals surface area contributed by atoms with Crippen molar-refractivity contribution in [3.05, 3.63) is 61.1 Å². The van der Waals surface area contributed by atoms with Crippen LogP contribution in [-0.2, 0) is 13.1 Å². The summed E-state index contributed by atoms with van der Waals surface area (Å²) in [5.74, 6) is 0.00243. The molecule has 144 valence electrons. The zero-order valence-electron chi connectivity index (χ0n) is 13.5. The van der Waals surface area contributed by atoms with Crippen LogP contribution >= 0.6 is 34.5 Å². The Balaban J connectivity index is 2.05. The molecule has 0 aliphatic carbocycles.